The molecule has 2 unspecified atom stereocenters. The van der Waals surface area contributed by atoms with E-state index >= 15 is 0 Å². The lowest BCUT2D eigenvalue weighted by atomic mass is 10.0. The van der Waals surface area contributed by atoms with Crippen LogP contribution in [0.1, 0.15) is 57.1 Å². The number of aromatic nitrogens is 2. The summed E-state index contributed by atoms with van der Waals surface area (Å²) >= 11 is 0. The molecule has 1 heterocycles. The fourth-order valence-electron chi connectivity index (χ4n) is 3.05. The van der Waals surface area contributed by atoms with Crippen LogP contribution in [0, 0.1) is 0 Å². The SMILES string of the molecule is CCNC(=NCc1nc(C(C)OCC)no1)NC(C)c1ccc2ccccc2c1.I. The molecule has 0 radical (unpaired) electrons. The number of benzene rings is 2. The highest BCUT2D eigenvalue weighted by atomic mass is 127. The fraction of sp³-hybridized carbons (Fsp3) is 0.409. The van der Waals surface area contributed by atoms with Gasteiger partial charge in [0.1, 0.15) is 12.6 Å². The highest BCUT2D eigenvalue weighted by Crippen LogP contribution is 2.20. The fourth-order valence-corrected chi connectivity index (χ4v) is 3.05. The summed E-state index contributed by atoms with van der Waals surface area (Å²) in [5.74, 6) is 1.70. The third kappa shape index (κ3) is 6.40. The summed E-state index contributed by atoms with van der Waals surface area (Å²) < 4.78 is 10.8. The van der Waals surface area contributed by atoms with E-state index in [4.69, 9.17) is 9.26 Å². The second kappa shape index (κ2) is 11.8. The first-order valence-electron chi connectivity index (χ1n) is 10.1. The molecular formula is C22H30IN5O2. The van der Waals surface area contributed by atoms with Gasteiger partial charge in [-0.2, -0.15) is 4.98 Å². The van der Waals surface area contributed by atoms with Gasteiger partial charge >= 0.3 is 0 Å². The van der Waals surface area contributed by atoms with Crippen LogP contribution in [0.2, 0.25) is 0 Å². The zero-order valence-electron chi connectivity index (χ0n) is 17.9. The molecule has 0 fully saturated rings. The number of aliphatic imine (C=N–C) groups is 1. The van der Waals surface area contributed by atoms with Gasteiger partial charge in [-0.25, -0.2) is 4.99 Å². The molecule has 2 atom stereocenters. The monoisotopic (exact) mass is 523 g/mol. The van der Waals surface area contributed by atoms with Crippen LogP contribution in [0.25, 0.3) is 10.8 Å². The van der Waals surface area contributed by atoms with Crippen LogP contribution in [0.4, 0.5) is 0 Å². The van der Waals surface area contributed by atoms with Gasteiger partial charge in [0.2, 0.25) is 5.89 Å². The van der Waals surface area contributed by atoms with E-state index in [2.05, 4.69) is 75.2 Å². The maximum atomic E-state index is 5.49. The predicted octanol–water partition coefficient (Wildman–Crippen LogP) is 4.75. The van der Waals surface area contributed by atoms with E-state index in [1.807, 2.05) is 20.8 Å². The Morgan fingerprint density at radius 2 is 1.90 bits per heavy atom. The summed E-state index contributed by atoms with van der Waals surface area (Å²) in [6, 6.07) is 14.9. The van der Waals surface area contributed by atoms with Crippen molar-refractivity contribution in [3.05, 3.63) is 59.7 Å². The van der Waals surface area contributed by atoms with Crippen LogP contribution in [-0.2, 0) is 11.3 Å². The molecule has 0 aliphatic rings. The van der Waals surface area contributed by atoms with Gasteiger partial charge in [0.15, 0.2) is 11.8 Å². The van der Waals surface area contributed by atoms with Crippen molar-refractivity contribution in [2.75, 3.05) is 13.2 Å². The Morgan fingerprint density at radius 3 is 2.63 bits per heavy atom. The molecule has 3 aromatic rings. The molecule has 8 heteroatoms. The number of guanidine groups is 1. The van der Waals surface area contributed by atoms with Gasteiger partial charge in [0.05, 0.1) is 6.04 Å². The van der Waals surface area contributed by atoms with Crippen molar-refractivity contribution in [2.24, 2.45) is 4.99 Å². The molecule has 30 heavy (non-hydrogen) atoms. The molecule has 2 N–H and O–H groups in total. The average molecular weight is 523 g/mol. The summed E-state index contributed by atoms with van der Waals surface area (Å²) in [7, 11) is 0. The number of nitrogens with zero attached hydrogens (tertiary/aromatic N) is 3. The van der Waals surface area contributed by atoms with E-state index in [-0.39, 0.29) is 36.1 Å². The smallest absolute Gasteiger partial charge is 0.248 e. The van der Waals surface area contributed by atoms with Gasteiger partial charge in [-0.1, -0.05) is 41.6 Å². The third-order valence-electron chi connectivity index (χ3n) is 4.61. The van der Waals surface area contributed by atoms with E-state index in [0.717, 1.165) is 6.54 Å². The summed E-state index contributed by atoms with van der Waals surface area (Å²) in [6.45, 7) is 9.64. The first kappa shape index (κ1) is 24.1. The standard InChI is InChI=1S/C22H29N5O2.HI/c1-5-23-22(24-14-20-26-21(27-29-20)16(4)28-6-2)25-15(3)18-12-11-17-9-7-8-10-19(17)13-18;/h7-13,15-16H,5-6,14H2,1-4H3,(H2,23,24,25);1H. The topological polar surface area (TPSA) is 84.6 Å². The van der Waals surface area contributed by atoms with Gasteiger partial charge in [0.25, 0.3) is 0 Å². The molecule has 7 nitrogen and oxygen atoms in total. The average Bonchev–Trinajstić information content (AvgIpc) is 3.21. The highest BCUT2D eigenvalue weighted by Gasteiger charge is 2.14. The molecule has 0 bridgehead atoms. The Kier molecular flexibility index (Phi) is 9.51. The molecule has 1 aromatic heterocycles. The number of rotatable bonds is 8. The number of nitrogens with one attached hydrogen (secondary N) is 2. The minimum Gasteiger partial charge on any atom is -0.371 e. The first-order valence-corrected chi connectivity index (χ1v) is 10.1. The Labute approximate surface area is 194 Å². The van der Waals surface area contributed by atoms with Crippen molar-refractivity contribution in [2.45, 2.75) is 46.4 Å². The zero-order valence-corrected chi connectivity index (χ0v) is 20.2. The van der Waals surface area contributed by atoms with Crippen molar-refractivity contribution in [3.8, 4) is 0 Å². The Balaban J connectivity index is 0.00000320. The molecule has 0 saturated heterocycles. The van der Waals surface area contributed by atoms with Crippen LogP contribution >= 0.6 is 24.0 Å². The zero-order chi connectivity index (χ0) is 20.6. The number of ether oxygens (including phenoxy) is 1. The quantitative estimate of drug-likeness (QED) is 0.252. The molecule has 0 amide bonds. The lowest BCUT2D eigenvalue weighted by molar-refractivity contribution is 0.0683. The van der Waals surface area contributed by atoms with Crippen LogP contribution in [-0.4, -0.2) is 29.3 Å². The largest absolute Gasteiger partial charge is 0.371 e. The minimum atomic E-state index is -0.194. The van der Waals surface area contributed by atoms with E-state index < -0.39 is 0 Å². The van der Waals surface area contributed by atoms with Gasteiger partial charge in [0, 0.05) is 13.2 Å². The van der Waals surface area contributed by atoms with Crippen LogP contribution < -0.4 is 10.6 Å². The molecule has 0 spiro atoms. The van der Waals surface area contributed by atoms with Crippen molar-refractivity contribution in [1.29, 1.82) is 0 Å². The molecule has 3 rings (SSSR count). The maximum Gasteiger partial charge on any atom is 0.248 e. The first-order chi connectivity index (χ1) is 14.1. The minimum absolute atomic E-state index is 0. The third-order valence-corrected chi connectivity index (χ3v) is 4.61. The number of hydrogen-bond acceptors (Lipinski definition) is 5. The molecular weight excluding hydrogens is 493 g/mol. The maximum absolute atomic E-state index is 5.49. The second-order valence-electron chi connectivity index (χ2n) is 6.81. The van der Waals surface area contributed by atoms with E-state index in [1.165, 1.54) is 16.3 Å². The lowest BCUT2D eigenvalue weighted by Crippen LogP contribution is -2.38. The molecule has 162 valence electrons. The number of halogens is 1. The second-order valence-corrected chi connectivity index (χ2v) is 6.81. The Hall–Kier alpha value is -2.20. The van der Waals surface area contributed by atoms with E-state index in [0.29, 0.717) is 30.8 Å². The van der Waals surface area contributed by atoms with E-state index in [9.17, 15) is 0 Å². The van der Waals surface area contributed by atoms with Gasteiger partial charge in [-0.3, -0.25) is 0 Å². The normalized spacial score (nSPS) is 13.5. The van der Waals surface area contributed by atoms with Gasteiger partial charge < -0.3 is 19.9 Å². The van der Waals surface area contributed by atoms with Crippen LogP contribution in [0.3, 0.4) is 0 Å². The van der Waals surface area contributed by atoms with Gasteiger partial charge in [-0.15, -0.1) is 24.0 Å². The number of fused-ring (bicyclic) bond motifs is 1. The molecule has 2 aromatic carbocycles. The summed E-state index contributed by atoms with van der Waals surface area (Å²) in [5, 5.41) is 13.1. The number of hydrogen-bond donors (Lipinski definition) is 2. The van der Waals surface area contributed by atoms with Crippen molar-refractivity contribution in [1.82, 2.24) is 20.8 Å². The van der Waals surface area contributed by atoms with Gasteiger partial charge in [-0.05, 0) is 50.1 Å². The molecule has 0 aliphatic carbocycles. The molecule has 0 saturated carbocycles. The Bertz CT molecular complexity index is 959. The summed E-state index contributed by atoms with van der Waals surface area (Å²) in [4.78, 5) is 8.95. The van der Waals surface area contributed by atoms with Crippen molar-refractivity contribution in [3.63, 3.8) is 0 Å². The summed E-state index contributed by atoms with van der Waals surface area (Å²) in [6.07, 6.45) is -0.194. The van der Waals surface area contributed by atoms with Crippen LogP contribution in [0.15, 0.2) is 52.0 Å². The van der Waals surface area contributed by atoms with Crippen LogP contribution in [0.5, 0.6) is 0 Å². The highest BCUT2D eigenvalue weighted by molar-refractivity contribution is 14.0. The van der Waals surface area contributed by atoms with E-state index in [1.54, 1.807) is 0 Å². The van der Waals surface area contributed by atoms with Crippen molar-refractivity contribution < 1.29 is 9.26 Å². The predicted molar refractivity (Wildman–Crippen MR) is 130 cm³/mol. The lowest BCUT2D eigenvalue weighted by Gasteiger charge is -2.18. The van der Waals surface area contributed by atoms with Crippen molar-refractivity contribution >= 4 is 40.7 Å². The summed E-state index contributed by atoms with van der Waals surface area (Å²) in [5.41, 5.74) is 1.19. The Morgan fingerprint density at radius 1 is 1.13 bits per heavy atom. The molecule has 0 aliphatic heterocycles.